The largest absolute Gasteiger partial charge is 0.434 e. The number of halogens is 3. The Kier molecular flexibility index (Phi) is 7.50. The van der Waals surface area contributed by atoms with E-state index in [1.165, 1.54) is 12.8 Å². The van der Waals surface area contributed by atoms with Crippen molar-refractivity contribution in [2.24, 2.45) is 10.9 Å². The van der Waals surface area contributed by atoms with Gasteiger partial charge in [-0.1, -0.05) is 6.92 Å². The van der Waals surface area contributed by atoms with Crippen molar-refractivity contribution < 1.29 is 13.2 Å². The number of aromatic nitrogens is 1. The zero-order valence-corrected chi connectivity index (χ0v) is 17.3. The molecule has 1 saturated heterocycles. The molecule has 9 heteroatoms. The maximum Gasteiger partial charge on any atom is 0.434 e. The smallest absolute Gasteiger partial charge is 0.357 e. The lowest BCUT2D eigenvalue weighted by Crippen LogP contribution is -2.55. The van der Waals surface area contributed by atoms with Gasteiger partial charge in [-0.2, -0.15) is 13.2 Å². The van der Waals surface area contributed by atoms with Crippen molar-refractivity contribution in [2.75, 3.05) is 26.2 Å². The SMILES string of the molecule is CCNC(=NCc1nc(C(F)(F)F)cs1)NCC(C)(C)N1CCCC(C)C1. The third-order valence-electron chi connectivity index (χ3n) is 4.76. The first-order chi connectivity index (χ1) is 12.6. The molecule has 0 amide bonds. The summed E-state index contributed by atoms with van der Waals surface area (Å²) in [5, 5.41) is 7.87. The second-order valence-electron chi connectivity index (χ2n) is 7.68. The number of thiazole rings is 1. The molecule has 0 bridgehead atoms. The highest BCUT2D eigenvalue weighted by Crippen LogP contribution is 2.30. The summed E-state index contributed by atoms with van der Waals surface area (Å²) < 4.78 is 38.0. The third kappa shape index (κ3) is 6.64. The van der Waals surface area contributed by atoms with Crippen LogP contribution in [0.15, 0.2) is 10.4 Å². The van der Waals surface area contributed by atoms with Gasteiger partial charge in [0.1, 0.15) is 5.01 Å². The summed E-state index contributed by atoms with van der Waals surface area (Å²) in [7, 11) is 0. The maximum absolute atomic E-state index is 12.7. The van der Waals surface area contributed by atoms with E-state index in [1.54, 1.807) is 0 Å². The molecule has 5 nitrogen and oxygen atoms in total. The summed E-state index contributed by atoms with van der Waals surface area (Å²) in [6, 6.07) is 0. The molecule has 154 valence electrons. The van der Waals surface area contributed by atoms with Gasteiger partial charge in [-0.15, -0.1) is 11.3 Å². The third-order valence-corrected chi connectivity index (χ3v) is 5.59. The Labute approximate surface area is 163 Å². The molecule has 1 aromatic rings. The van der Waals surface area contributed by atoms with Gasteiger partial charge in [0.25, 0.3) is 0 Å². The Morgan fingerprint density at radius 2 is 2.11 bits per heavy atom. The van der Waals surface area contributed by atoms with Crippen LogP contribution in [0.4, 0.5) is 13.2 Å². The first-order valence-electron chi connectivity index (χ1n) is 9.40. The summed E-state index contributed by atoms with van der Waals surface area (Å²) in [6.07, 6.45) is -1.92. The van der Waals surface area contributed by atoms with Gasteiger partial charge in [0, 0.05) is 30.6 Å². The van der Waals surface area contributed by atoms with E-state index < -0.39 is 11.9 Å². The van der Waals surface area contributed by atoms with Gasteiger partial charge in [-0.25, -0.2) is 9.98 Å². The monoisotopic (exact) mass is 405 g/mol. The van der Waals surface area contributed by atoms with Crippen molar-refractivity contribution in [3.8, 4) is 0 Å². The number of hydrogen-bond donors (Lipinski definition) is 2. The van der Waals surface area contributed by atoms with Crippen molar-refractivity contribution in [1.82, 2.24) is 20.5 Å². The maximum atomic E-state index is 12.7. The van der Waals surface area contributed by atoms with Crippen molar-refractivity contribution in [3.05, 3.63) is 16.1 Å². The van der Waals surface area contributed by atoms with Crippen LogP contribution in [0, 0.1) is 5.92 Å². The van der Waals surface area contributed by atoms with Crippen molar-refractivity contribution in [3.63, 3.8) is 0 Å². The zero-order chi connectivity index (χ0) is 20.1. The van der Waals surface area contributed by atoms with Gasteiger partial charge in [0.05, 0.1) is 6.54 Å². The number of rotatable bonds is 6. The van der Waals surface area contributed by atoms with Crippen LogP contribution in [0.3, 0.4) is 0 Å². The van der Waals surface area contributed by atoms with Crippen LogP contribution in [0.1, 0.15) is 51.2 Å². The lowest BCUT2D eigenvalue weighted by molar-refractivity contribution is -0.140. The zero-order valence-electron chi connectivity index (χ0n) is 16.5. The quantitative estimate of drug-likeness (QED) is 0.559. The van der Waals surface area contributed by atoms with Gasteiger partial charge in [-0.3, -0.25) is 4.90 Å². The fourth-order valence-electron chi connectivity index (χ4n) is 3.15. The highest BCUT2D eigenvalue weighted by atomic mass is 32.1. The Bertz CT molecular complexity index is 627. The second-order valence-corrected chi connectivity index (χ2v) is 8.62. The first kappa shape index (κ1) is 21.9. The minimum atomic E-state index is -4.41. The molecule has 1 fully saturated rings. The molecule has 0 spiro atoms. The summed E-state index contributed by atoms with van der Waals surface area (Å²) in [5.74, 6) is 1.30. The van der Waals surface area contributed by atoms with Gasteiger partial charge in [0.15, 0.2) is 11.7 Å². The van der Waals surface area contributed by atoms with Gasteiger partial charge in [0.2, 0.25) is 0 Å². The Balaban J connectivity index is 1.95. The molecule has 1 aliphatic heterocycles. The summed E-state index contributed by atoms with van der Waals surface area (Å²) >= 11 is 0.981. The molecule has 0 aromatic carbocycles. The van der Waals surface area contributed by atoms with Crippen LogP contribution in [0.5, 0.6) is 0 Å². The van der Waals surface area contributed by atoms with Gasteiger partial charge in [-0.05, 0) is 46.1 Å². The fourth-order valence-corrected chi connectivity index (χ4v) is 3.88. The lowest BCUT2D eigenvalue weighted by atomic mass is 9.93. The fraction of sp³-hybridized carbons (Fsp3) is 0.778. The molecule has 2 rings (SSSR count). The van der Waals surface area contributed by atoms with E-state index in [2.05, 4.69) is 46.3 Å². The Hall–Kier alpha value is -1.35. The number of alkyl halides is 3. The van der Waals surface area contributed by atoms with Crippen molar-refractivity contribution in [1.29, 1.82) is 0 Å². The molecule has 2 heterocycles. The molecule has 2 N–H and O–H groups in total. The number of nitrogens with zero attached hydrogens (tertiary/aromatic N) is 3. The molecule has 1 unspecified atom stereocenters. The van der Waals surface area contributed by atoms with E-state index in [-0.39, 0.29) is 12.1 Å². The van der Waals surface area contributed by atoms with Crippen LogP contribution in [0.2, 0.25) is 0 Å². The normalized spacial score (nSPS) is 20.0. The molecule has 1 atom stereocenters. The summed E-state index contributed by atoms with van der Waals surface area (Å²) in [5.41, 5.74) is -0.883. The van der Waals surface area contributed by atoms with Crippen LogP contribution in [-0.2, 0) is 12.7 Å². The number of hydrogen-bond acceptors (Lipinski definition) is 4. The van der Waals surface area contributed by atoms with E-state index in [9.17, 15) is 13.2 Å². The van der Waals surface area contributed by atoms with E-state index in [4.69, 9.17) is 0 Å². The van der Waals surface area contributed by atoms with E-state index in [0.29, 0.717) is 30.0 Å². The van der Waals surface area contributed by atoms with E-state index in [1.807, 2.05) is 6.92 Å². The minimum Gasteiger partial charge on any atom is -0.357 e. The van der Waals surface area contributed by atoms with Gasteiger partial charge < -0.3 is 10.6 Å². The predicted molar refractivity (Wildman–Crippen MR) is 104 cm³/mol. The second kappa shape index (κ2) is 9.23. The molecule has 1 aliphatic rings. The number of piperidine rings is 1. The highest BCUT2D eigenvalue weighted by Gasteiger charge is 2.33. The number of guanidine groups is 1. The van der Waals surface area contributed by atoms with Crippen LogP contribution >= 0.6 is 11.3 Å². The number of aliphatic imine (C=N–C) groups is 1. The van der Waals surface area contributed by atoms with Crippen molar-refractivity contribution >= 4 is 17.3 Å². The molecule has 0 radical (unpaired) electrons. The molecular weight excluding hydrogens is 375 g/mol. The standard InChI is InChI=1S/C18H30F3N5S/c1-5-22-16(23-9-15-25-14(11-27-15)18(19,20)21)24-12-17(3,4)26-8-6-7-13(2)10-26/h11,13H,5-10,12H2,1-4H3,(H2,22,23,24). The van der Waals surface area contributed by atoms with Crippen LogP contribution in [-0.4, -0.2) is 47.6 Å². The average molecular weight is 406 g/mol. The van der Waals surface area contributed by atoms with Gasteiger partial charge >= 0.3 is 6.18 Å². The molecular formula is C18H30F3N5S. The number of nitrogens with one attached hydrogen (secondary N) is 2. The topological polar surface area (TPSA) is 52.6 Å². The summed E-state index contributed by atoms with van der Waals surface area (Å²) in [4.78, 5) is 10.5. The highest BCUT2D eigenvalue weighted by molar-refractivity contribution is 7.09. The van der Waals surface area contributed by atoms with Crippen LogP contribution < -0.4 is 10.6 Å². The minimum absolute atomic E-state index is 0.0322. The first-order valence-corrected chi connectivity index (χ1v) is 10.3. The molecule has 0 aliphatic carbocycles. The lowest BCUT2D eigenvalue weighted by Gasteiger charge is -2.43. The summed E-state index contributed by atoms with van der Waals surface area (Å²) in [6.45, 7) is 12.3. The molecule has 0 saturated carbocycles. The van der Waals surface area contributed by atoms with E-state index in [0.717, 1.165) is 29.8 Å². The predicted octanol–water partition coefficient (Wildman–Crippen LogP) is 3.73. The van der Waals surface area contributed by atoms with Crippen molar-refractivity contribution in [2.45, 2.75) is 58.8 Å². The number of likely N-dealkylation sites (tertiary alicyclic amines) is 1. The Morgan fingerprint density at radius 1 is 1.37 bits per heavy atom. The Morgan fingerprint density at radius 3 is 2.70 bits per heavy atom. The molecule has 27 heavy (non-hydrogen) atoms. The molecule has 1 aromatic heterocycles. The van der Waals surface area contributed by atoms with E-state index >= 15 is 0 Å². The average Bonchev–Trinajstić information content (AvgIpc) is 3.07. The van der Waals surface area contributed by atoms with Crippen LogP contribution in [0.25, 0.3) is 0 Å².